The quantitative estimate of drug-likeness (QED) is 0.646. The lowest BCUT2D eigenvalue weighted by Crippen LogP contribution is -2.22. The highest BCUT2D eigenvalue weighted by Crippen LogP contribution is 2.27. The fraction of sp³-hybridized carbons (Fsp3) is 0.261. The number of benzene rings is 1. The van der Waals surface area contributed by atoms with Crippen LogP contribution in [0.15, 0.2) is 59.7 Å². The lowest BCUT2D eigenvalue weighted by atomic mass is 10.1. The maximum absolute atomic E-state index is 12.6. The van der Waals surface area contributed by atoms with Gasteiger partial charge in [0.05, 0.1) is 6.54 Å². The minimum atomic E-state index is -0.0958. The molecule has 1 aliphatic carbocycles. The molecule has 1 saturated carbocycles. The first-order valence-electron chi connectivity index (χ1n) is 9.38. The Morgan fingerprint density at radius 1 is 1.14 bits per heavy atom. The SMILES string of the molecule is Cc1cc(OCc2ncccn2)cc(=O)n1Cc1ccc(C#CC2CC2)cc1. The smallest absolute Gasteiger partial charge is 0.254 e. The second-order valence-corrected chi connectivity index (χ2v) is 6.95. The van der Waals surface area contributed by atoms with Crippen LogP contribution >= 0.6 is 0 Å². The molecular weight excluding hydrogens is 350 g/mol. The van der Waals surface area contributed by atoms with Gasteiger partial charge >= 0.3 is 0 Å². The molecule has 28 heavy (non-hydrogen) atoms. The van der Waals surface area contributed by atoms with Crippen LogP contribution < -0.4 is 10.3 Å². The molecule has 5 heteroatoms. The zero-order chi connectivity index (χ0) is 19.3. The predicted molar refractivity (Wildman–Crippen MR) is 107 cm³/mol. The Bertz CT molecular complexity index is 1070. The molecule has 0 bridgehead atoms. The number of hydrogen-bond donors (Lipinski definition) is 0. The standard InChI is InChI=1S/C23H21N3O2/c1-17-13-21(28-16-22-24-11-2-12-25-22)14-23(27)26(17)15-20-9-7-19(8-10-20)6-5-18-3-4-18/h2,7-14,18H,3-4,15-16H2,1H3. The summed E-state index contributed by atoms with van der Waals surface area (Å²) in [5, 5.41) is 0. The number of nitrogens with zero attached hydrogens (tertiary/aromatic N) is 3. The van der Waals surface area contributed by atoms with Crippen LogP contribution in [0.4, 0.5) is 0 Å². The molecule has 0 spiro atoms. The Labute approximate surface area is 164 Å². The van der Waals surface area contributed by atoms with E-state index in [1.807, 2.05) is 37.3 Å². The first kappa shape index (κ1) is 18.0. The molecule has 0 aliphatic heterocycles. The molecule has 3 aromatic rings. The van der Waals surface area contributed by atoms with Gasteiger partial charge in [0.25, 0.3) is 5.56 Å². The van der Waals surface area contributed by atoms with Crippen molar-refractivity contribution < 1.29 is 4.74 Å². The number of rotatable bonds is 5. The van der Waals surface area contributed by atoms with Crippen LogP contribution in [0, 0.1) is 24.7 Å². The van der Waals surface area contributed by atoms with Crippen molar-refractivity contribution in [3.8, 4) is 17.6 Å². The van der Waals surface area contributed by atoms with Crippen LogP contribution in [0.2, 0.25) is 0 Å². The lowest BCUT2D eigenvalue weighted by Gasteiger charge is -2.12. The molecule has 1 aromatic carbocycles. The molecule has 1 fully saturated rings. The van der Waals surface area contributed by atoms with E-state index in [1.54, 1.807) is 23.0 Å². The van der Waals surface area contributed by atoms with E-state index in [0.29, 0.717) is 24.0 Å². The van der Waals surface area contributed by atoms with E-state index >= 15 is 0 Å². The fourth-order valence-electron chi connectivity index (χ4n) is 2.83. The molecule has 2 heterocycles. The Morgan fingerprint density at radius 2 is 1.89 bits per heavy atom. The molecule has 140 valence electrons. The van der Waals surface area contributed by atoms with Crippen molar-refractivity contribution in [3.05, 3.63) is 87.9 Å². The first-order valence-corrected chi connectivity index (χ1v) is 9.38. The van der Waals surface area contributed by atoms with Crippen LogP contribution in [0.3, 0.4) is 0 Å². The summed E-state index contributed by atoms with van der Waals surface area (Å²) in [6.45, 7) is 2.65. The fourth-order valence-corrected chi connectivity index (χ4v) is 2.83. The summed E-state index contributed by atoms with van der Waals surface area (Å²) in [5.41, 5.74) is 2.83. The third-order valence-electron chi connectivity index (χ3n) is 4.59. The van der Waals surface area contributed by atoms with Crippen LogP contribution in [0.25, 0.3) is 0 Å². The largest absolute Gasteiger partial charge is 0.485 e. The number of ether oxygens (including phenoxy) is 1. The number of pyridine rings is 1. The van der Waals surface area contributed by atoms with Gasteiger partial charge in [0, 0.05) is 35.6 Å². The third-order valence-corrected chi connectivity index (χ3v) is 4.59. The molecule has 0 radical (unpaired) electrons. The summed E-state index contributed by atoms with van der Waals surface area (Å²) in [5.74, 6) is 8.17. The maximum atomic E-state index is 12.6. The molecule has 5 nitrogen and oxygen atoms in total. The van der Waals surface area contributed by atoms with Crippen molar-refractivity contribution in [2.75, 3.05) is 0 Å². The highest BCUT2D eigenvalue weighted by Gasteiger charge is 2.17. The van der Waals surface area contributed by atoms with Crippen molar-refractivity contribution >= 4 is 0 Å². The average Bonchev–Trinajstić information content (AvgIpc) is 3.54. The van der Waals surface area contributed by atoms with E-state index in [4.69, 9.17) is 4.74 Å². The van der Waals surface area contributed by atoms with E-state index in [9.17, 15) is 4.79 Å². The summed E-state index contributed by atoms with van der Waals surface area (Å²) in [6.07, 6.45) is 5.78. The van der Waals surface area contributed by atoms with Gasteiger partial charge in [0.15, 0.2) is 5.82 Å². The molecule has 0 unspecified atom stereocenters. The average molecular weight is 371 g/mol. The number of hydrogen-bond acceptors (Lipinski definition) is 4. The molecule has 0 atom stereocenters. The zero-order valence-corrected chi connectivity index (χ0v) is 15.8. The Hall–Kier alpha value is -3.39. The van der Waals surface area contributed by atoms with Gasteiger partial charge < -0.3 is 9.30 Å². The summed E-state index contributed by atoms with van der Waals surface area (Å²) in [7, 11) is 0. The topological polar surface area (TPSA) is 57.0 Å². The first-order chi connectivity index (χ1) is 13.7. The van der Waals surface area contributed by atoms with E-state index < -0.39 is 0 Å². The van der Waals surface area contributed by atoms with Gasteiger partial charge in [0.1, 0.15) is 12.4 Å². The van der Waals surface area contributed by atoms with Gasteiger partial charge in [-0.15, -0.1) is 0 Å². The van der Waals surface area contributed by atoms with Gasteiger partial charge in [-0.2, -0.15) is 0 Å². The van der Waals surface area contributed by atoms with E-state index in [2.05, 4.69) is 21.8 Å². The van der Waals surface area contributed by atoms with E-state index in [-0.39, 0.29) is 12.2 Å². The van der Waals surface area contributed by atoms with Crippen molar-refractivity contribution in [1.29, 1.82) is 0 Å². The van der Waals surface area contributed by atoms with Crippen molar-refractivity contribution in [2.24, 2.45) is 5.92 Å². The van der Waals surface area contributed by atoms with Gasteiger partial charge in [-0.05, 0) is 49.6 Å². The molecule has 0 saturated heterocycles. The monoisotopic (exact) mass is 371 g/mol. The van der Waals surface area contributed by atoms with E-state index in [1.165, 1.54) is 18.9 Å². The summed E-state index contributed by atoms with van der Waals surface area (Å²) in [4.78, 5) is 20.8. The molecular formula is C23H21N3O2. The number of aromatic nitrogens is 3. The van der Waals surface area contributed by atoms with Gasteiger partial charge in [-0.1, -0.05) is 24.0 Å². The molecule has 2 aromatic heterocycles. The summed E-state index contributed by atoms with van der Waals surface area (Å²) >= 11 is 0. The third kappa shape index (κ3) is 4.66. The zero-order valence-electron chi connectivity index (χ0n) is 15.8. The normalized spacial score (nSPS) is 12.9. The van der Waals surface area contributed by atoms with Crippen LogP contribution in [0.5, 0.6) is 5.75 Å². The molecule has 1 aliphatic rings. The Kier molecular flexibility index (Phi) is 5.20. The minimum Gasteiger partial charge on any atom is -0.485 e. The Morgan fingerprint density at radius 3 is 2.57 bits per heavy atom. The van der Waals surface area contributed by atoms with Gasteiger partial charge in [-0.3, -0.25) is 4.79 Å². The highest BCUT2D eigenvalue weighted by molar-refractivity contribution is 5.37. The van der Waals surface area contributed by atoms with Crippen LogP contribution in [-0.4, -0.2) is 14.5 Å². The van der Waals surface area contributed by atoms with E-state index in [0.717, 1.165) is 16.8 Å². The second kappa shape index (κ2) is 8.10. The van der Waals surface area contributed by atoms with Crippen molar-refractivity contribution in [1.82, 2.24) is 14.5 Å². The molecule has 0 N–H and O–H groups in total. The highest BCUT2D eigenvalue weighted by atomic mass is 16.5. The van der Waals surface area contributed by atoms with Crippen molar-refractivity contribution in [2.45, 2.75) is 32.9 Å². The van der Waals surface area contributed by atoms with Crippen molar-refractivity contribution in [3.63, 3.8) is 0 Å². The summed E-state index contributed by atoms with van der Waals surface area (Å²) in [6, 6.07) is 13.2. The molecule has 4 rings (SSSR count). The van der Waals surface area contributed by atoms with Crippen LogP contribution in [0.1, 0.15) is 35.5 Å². The maximum Gasteiger partial charge on any atom is 0.254 e. The Balaban J connectivity index is 1.44. The minimum absolute atomic E-state index is 0.0958. The second-order valence-electron chi connectivity index (χ2n) is 6.95. The molecule has 0 amide bonds. The summed E-state index contributed by atoms with van der Waals surface area (Å²) < 4.78 is 7.41. The lowest BCUT2D eigenvalue weighted by molar-refractivity contribution is 0.294. The van der Waals surface area contributed by atoms with Gasteiger partial charge in [-0.25, -0.2) is 9.97 Å². The van der Waals surface area contributed by atoms with Crippen LogP contribution in [-0.2, 0) is 13.2 Å². The predicted octanol–water partition coefficient (Wildman–Crippen LogP) is 3.34. The number of aryl methyl sites for hydroxylation is 1. The van der Waals surface area contributed by atoms with Gasteiger partial charge in [0.2, 0.25) is 0 Å².